The van der Waals surface area contributed by atoms with E-state index in [9.17, 15) is 13.2 Å². The zero-order valence-corrected chi connectivity index (χ0v) is 16.4. The Balaban J connectivity index is 0.000000339. The lowest BCUT2D eigenvalue weighted by atomic mass is 9.94. The number of hydrogen-bond donors (Lipinski definition) is 2. The number of rotatable bonds is 5. The fraction of sp³-hybridized carbons (Fsp3) is 0.450. The Labute approximate surface area is 176 Å². The van der Waals surface area contributed by atoms with Crippen LogP contribution in [0.5, 0.6) is 5.75 Å². The van der Waals surface area contributed by atoms with Crippen LogP contribution in [0.25, 0.3) is 0 Å². The Morgan fingerprint density at radius 3 is 2.84 bits per heavy atom. The van der Waals surface area contributed by atoms with Crippen molar-refractivity contribution >= 4 is 5.97 Å². The largest absolute Gasteiger partial charge is 0.493 e. The number of aromatic amines is 1. The first-order valence-corrected chi connectivity index (χ1v) is 9.50. The van der Waals surface area contributed by atoms with Crippen LogP contribution in [0, 0.1) is 23.2 Å². The molecule has 0 radical (unpaired) electrons. The van der Waals surface area contributed by atoms with E-state index in [-0.39, 0.29) is 0 Å². The van der Waals surface area contributed by atoms with Crippen molar-refractivity contribution in [3.63, 3.8) is 0 Å². The minimum Gasteiger partial charge on any atom is -0.493 e. The van der Waals surface area contributed by atoms with Gasteiger partial charge in [-0.2, -0.15) is 18.4 Å². The number of alkyl halides is 3. The van der Waals surface area contributed by atoms with Gasteiger partial charge in [0, 0.05) is 43.4 Å². The number of imidazole rings is 1. The van der Waals surface area contributed by atoms with Crippen LogP contribution in [0.1, 0.15) is 11.3 Å². The number of nitriles is 1. The van der Waals surface area contributed by atoms with Gasteiger partial charge in [-0.05, 0) is 18.2 Å². The number of hydrogen-bond acceptors (Lipinski definition) is 6. The van der Waals surface area contributed by atoms with E-state index < -0.39 is 12.1 Å². The Hall–Kier alpha value is -3.10. The summed E-state index contributed by atoms with van der Waals surface area (Å²) in [4.78, 5) is 18.5. The molecular formula is C20H21F3N4O4. The van der Waals surface area contributed by atoms with Crippen molar-refractivity contribution in [2.24, 2.45) is 11.8 Å². The second-order valence-electron chi connectivity index (χ2n) is 7.32. The number of aromatic nitrogens is 2. The predicted molar refractivity (Wildman–Crippen MR) is 101 cm³/mol. The number of likely N-dealkylation sites (tertiary alicyclic amines) is 1. The highest BCUT2D eigenvalue weighted by Crippen LogP contribution is 2.34. The Morgan fingerprint density at radius 2 is 2.19 bits per heavy atom. The summed E-state index contributed by atoms with van der Waals surface area (Å²) >= 11 is 0. The molecule has 8 nitrogen and oxygen atoms in total. The fourth-order valence-corrected chi connectivity index (χ4v) is 3.65. The molecule has 3 heterocycles. The minimum absolute atomic E-state index is 0.298. The molecular weight excluding hydrogens is 417 g/mol. The molecule has 0 bridgehead atoms. The standard InChI is InChI=1S/C18H20N4O2.C2HF3O2/c19-5-13-2-1-3-16(4-13)23-10-14-11-24-18-9-22(8-17(14)18)7-15-6-20-12-21-15;3-2(4,5)1(6)7/h1-4,6,12,14,17-18H,7-11H2,(H,20,21);(H,6,7)/t14-,17-,18-;/m1./s1. The molecule has 0 unspecified atom stereocenters. The molecule has 0 saturated carbocycles. The van der Waals surface area contributed by atoms with Crippen molar-refractivity contribution in [3.8, 4) is 11.8 Å². The first-order valence-electron chi connectivity index (χ1n) is 9.50. The molecule has 1 aromatic heterocycles. The summed E-state index contributed by atoms with van der Waals surface area (Å²) in [5.41, 5.74) is 1.76. The molecule has 2 aromatic rings. The van der Waals surface area contributed by atoms with Gasteiger partial charge in [-0.25, -0.2) is 9.78 Å². The Bertz CT molecular complexity index is 914. The van der Waals surface area contributed by atoms with Crippen LogP contribution in [0.4, 0.5) is 13.2 Å². The number of nitrogens with zero attached hydrogens (tertiary/aromatic N) is 3. The van der Waals surface area contributed by atoms with Gasteiger partial charge in [-0.15, -0.1) is 0 Å². The van der Waals surface area contributed by atoms with Crippen molar-refractivity contribution in [2.75, 3.05) is 26.3 Å². The topological polar surface area (TPSA) is 111 Å². The summed E-state index contributed by atoms with van der Waals surface area (Å²) < 4.78 is 43.6. The van der Waals surface area contributed by atoms with Gasteiger partial charge in [0.2, 0.25) is 0 Å². The normalized spacial score (nSPS) is 22.8. The number of carbonyl (C=O) groups is 1. The molecule has 2 fully saturated rings. The van der Waals surface area contributed by atoms with E-state index in [1.54, 1.807) is 18.5 Å². The average molecular weight is 438 g/mol. The maximum atomic E-state index is 10.6. The summed E-state index contributed by atoms with van der Waals surface area (Å²) in [6.07, 6.45) is -1.20. The number of carboxylic acids is 1. The molecule has 0 amide bonds. The van der Waals surface area contributed by atoms with Gasteiger partial charge in [0.05, 0.1) is 37.3 Å². The van der Waals surface area contributed by atoms with Gasteiger partial charge in [-0.1, -0.05) is 6.07 Å². The molecule has 0 aliphatic carbocycles. The number of halogens is 3. The van der Waals surface area contributed by atoms with Crippen LogP contribution in [0.3, 0.4) is 0 Å². The molecule has 1 aromatic carbocycles. The number of benzene rings is 1. The van der Waals surface area contributed by atoms with Crippen LogP contribution in [0.15, 0.2) is 36.8 Å². The summed E-state index contributed by atoms with van der Waals surface area (Å²) in [5, 5.41) is 16.1. The van der Waals surface area contributed by atoms with E-state index >= 15 is 0 Å². The van der Waals surface area contributed by atoms with Crippen molar-refractivity contribution in [3.05, 3.63) is 48.0 Å². The van der Waals surface area contributed by atoms with Crippen LogP contribution < -0.4 is 4.74 Å². The fourth-order valence-electron chi connectivity index (χ4n) is 3.65. The van der Waals surface area contributed by atoms with E-state index in [1.165, 1.54) is 0 Å². The Kier molecular flexibility index (Phi) is 7.14. The molecule has 166 valence electrons. The van der Waals surface area contributed by atoms with E-state index in [2.05, 4.69) is 20.9 Å². The first-order chi connectivity index (χ1) is 14.8. The molecule has 11 heteroatoms. The van der Waals surface area contributed by atoms with Crippen molar-refractivity contribution in [1.82, 2.24) is 14.9 Å². The highest BCUT2D eigenvalue weighted by molar-refractivity contribution is 5.73. The van der Waals surface area contributed by atoms with Gasteiger partial charge >= 0.3 is 12.1 Å². The third-order valence-electron chi connectivity index (χ3n) is 5.13. The van der Waals surface area contributed by atoms with Crippen LogP contribution in [0.2, 0.25) is 0 Å². The van der Waals surface area contributed by atoms with Crippen molar-refractivity contribution < 1.29 is 32.5 Å². The average Bonchev–Trinajstić information content (AvgIpc) is 3.45. The Morgan fingerprint density at radius 1 is 1.42 bits per heavy atom. The number of carboxylic acid groups (broad SMARTS) is 1. The van der Waals surface area contributed by atoms with E-state index in [0.29, 0.717) is 30.1 Å². The monoisotopic (exact) mass is 438 g/mol. The zero-order chi connectivity index (χ0) is 22.4. The molecule has 0 spiro atoms. The van der Waals surface area contributed by atoms with E-state index in [4.69, 9.17) is 24.6 Å². The van der Waals surface area contributed by atoms with Gasteiger partial charge < -0.3 is 19.6 Å². The lowest BCUT2D eigenvalue weighted by Gasteiger charge is -2.19. The summed E-state index contributed by atoms with van der Waals surface area (Å²) in [6, 6.07) is 9.45. The molecule has 2 aliphatic heterocycles. The van der Waals surface area contributed by atoms with Crippen LogP contribution >= 0.6 is 0 Å². The molecule has 2 N–H and O–H groups in total. The predicted octanol–water partition coefficient (Wildman–Crippen LogP) is 2.44. The highest BCUT2D eigenvalue weighted by Gasteiger charge is 2.44. The first kappa shape index (κ1) is 22.6. The quantitative estimate of drug-likeness (QED) is 0.738. The number of fused-ring (bicyclic) bond motifs is 1. The molecule has 2 aliphatic rings. The maximum absolute atomic E-state index is 10.6. The second-order valence-corrected chi connectivity index (χ2v) is 7.32. The van der Waals surface area contributed by atoms with Crippen LogP contribution in [-0.4, -0.2) is 64.5 Å². The van der Waals surface area contributed by atoms with Gasteiger partial charge in [-0.3, -0.25) is 4.90 Å². The van der Waals surface area contributed by atoms with Crippen LogP contribution in [-0.2, 0) is 16.1 Å². The SMILES string of the molecule is N#Cc1cccc(OC[C@@H]2CO[C@@H]3CN(Cc4cnc[nH]4)C[C@H]23)c1.O=C(O)C(F)(F)F. The van der Waals surface area contributed by atoms with E-state index in [0.717, 1.165) is 37.7 Å². The van der Waals surface area contributed by atoms with Gasteiger partial charge in [0.25, 0.3) is 0 Å². The highest BCUT2D eigenvalue weighted by atomic mass is 19.4. The maximum Gasteiger partial charge on any atom is 0.490 e. The summed E-state index contributed by atoms with van der Waals surface area (Å²) in [7, 11) is 0. The number of nitrogens with one attached hydrogen (secondary N) is 1. The third kappa shape index (κ3) is 6.19. The lowest BCUT2D eigenvalue weighted by molar-refractivity contribution is -0.192. The number of H-pyrrole nitrogens is 1. The number of ether oxygens (including phenoxy) is 2. The smallest absolute Gasteiger partial charge is 0.490 e. The van der Waals surface area contributed by atoms with E-state index in [1.807, 2.05) is 18.3 Å². The molecule has 31 heavy (non-hydrogen) atoms. The third-order valence-corrected chi connectivity index (χ3v) is 5.13. The van der Waals surface area contributed by atoms with Crippen molar-refractivity contribution in [1.29, 1.82) is 5.26 Å². The molecule has 3 atom stereocenters. The number of aliphatic carboxylic acids is 1. The summed E-state index contributed by atoms with van der Waals surface area (Å²) in [6.45, 7) is 4.26. The zero-order valence-electron chi connectivity index (χ0n) is 16.4. The van der Waals surface area contributed by atoms with Gasteiger partial charge in [0.15, 0.2) is 0 Å². The van der Waals surface area contributed by atoms with Gasteiger partial charge in [0.1, 0.15) is 5.75 Å². The minimum atomic E-state index is -5.08. The molecule has 4 rings (SSSR count). The summed E-state index contributed by atoms with van der Waals surface area (Å²) in [5.74, 6) is -1.10. The second kappa shape index (κ2) is 9.80. The van der Waals surface area contributed by atoms with Crippen molar-refractivity contribution in [2.45, 2.75) is 18.8 Å². The molecule has 2 saturated heterocycles. The lowest BCUT2D eigenvalue weighted by Crippen LogP contribution is -2.26.